The predicted molar refractivity (Wildman–Crippen MR) is 44.4 cm³/mol. The van der Waals surface area contributed by atoms with Crippen LogP contribution >= 0.6 is 0 Å². The van der Waals surface area contributed by atoms with Gasteiger partial charge in [-0.2, -0.15) is 0 Å². The summed E-state index contributed by atoms with van der Waals surface area (Å²) in [6.07, 6.45) is 0.492. The van der Waals surface area contributed by atoms with E-state index in [0.29, 0.717) is 12.5 Å². The summed E-state index contributed by atoms with van der Waals surface area (Å²) in [5.74, 6) is 0.567. The van der Waals surface area contributed by atoms with Crippen molar-refractivity contribution < 1.29 is 5.11 Å². The first kappa shape index (κ1) is 8.33. The van der Waals surface area contributed by atoms with Gasteiger partial charge in [0, 0.05) is 13.1 Å². The molecule has 64 valence electrons. The molecule has 4 heteroatoms. The maximum atomic E-state index is 9.28. The Bertz CT molecular complexity index is 158. The molecule has 0 aromatic carbocycles. The van der Waals surface area contributed by atoms with Crippen LogP contribution < -0.4 is 5.73 Å². The van der Waals surface area contributed by atoms with Gasteiger partial charge in [0.2, 0.25) is 0 Å². The summed E-state index contributed by atoms with van der Waals surface area (Å²) >= 11 is 0. The van der Waals surface area contributed by atoms with Gasteiger partial charge in [0.25, 0.3) is 0 Å². The average Bonchev–Trinajstić information content (AvgIpc) is 2.37. The third-order valence-corrected chi connectivity index (χ3v) is 1.87. The zero-order chi connectivity index (χ0) is 8.27. The molecule has 0 fully saturated rings. The van der Waals surface area contributed by atoms with Gasteiger partial charge in [-0.25, -0.2) is 0 Å². The summed E-state index contributed by atoms with van der Waals surface area (Å²) in [4.78, 5) is 5.93. The minimum absolute atomic E-state index is 0.276. The maximum absolute atomic E-state index is 9.28. The Hall–Kier alpha value is -0.770. The van der Waals surface area contributed by atoms with E-state index in [-0.39, 0.29) is 6.10 Å². The Morgan fingerprint density at radius 2 is 2.55 bits per heavy atom. The minimum Gasteiger partial charge on any atom is -0.391 e. The summed E-state index contributed by atoms with van der Waals surface area (Å²) in [6.45, 7) is 4.19. The van der Waals surface area contributed by atoms with Gasteiger partial charge < -0.3 is 15.7 Å². The molecule has 0 aliphatic carbocycles. The van der Waals surface area contributed by atoms with Crippen molar-refractivity contribution in [1.29, 1.82) is 0 Å². The van der Waals surface area contributed by atoms with Gasteiger partial charge in [-0.3, -0.25) is 4.99 Å². The van der Waals surface area contributed by atoms with Crippen LogP contribution in [0.2, 0.25) is 0 Å². The second-order valence-corrected chi connectivity index (χ2v) is 2.75. The molecule has 1 rings (SSSR count). The molecule has 11 heavy (non-hydrogen) atoms. The van der Waals surface area contributed by atoms with E-state index in [9.17, 15) is 5.11 Å². The summed E-state index contributed by atoms with van der Waals surface area (Å²) in [5, 5.41) is 9.28. The van der Waals surface area contributed by atoms with Crippen LogP contribution in [0.1, 0.15) is 13.3 Å². The standard InChI is InChI=1S/C7H15N3O/c1-2-6(11)5-10-4-3-9-7(10)8/h6,11H,2-5H2,1H3,(H2,8,9). The molecule has 0 saturated heterocycles. The third-order valence-electron chi connectivity index (χ3n) is 1.87. The lowest BCUT2D eigenvalue weighted by molar-refractivity contribution is 0.141. The number of aliphatic hydroxyl groups is 1. The average molecular weight is 157 g/mol. The molecule has 0 bridgehead atoms. The highest BCUT2D eigenvalue weighted by Gasteiger charge is 2.15. The van der Waals surface area contributed by atoms with E-state index in [2.05, 4.69) is 4.99 Å². The molecule has 0 saturated carbocycles. The van der Waals surface area contributed by atoms with Gasteiger partial charge in [-0.05, 0) is 6.42 Å². The number of nitrogens with zero attached hydrogens (tertiary/aromatic N) is 2. The number of β-amino-alcohol motifs (C(OH)–C–C–N with tert-alkyl or cyclic N) is 1. The van der Waals surface area contributed by atoms with E-state index in [1.54, 1.807) is 0 Å². The van der Waals surface area contributed by atoms with Gasteiger partial charge in [-0.15, -0.1) is 0 Å². The number of rotatable bonds is 3. The lowest BCUT2D eigenvalue weighted by atomic mass is 10.2. The Labute approximate surface area is 66.7 Å². The first-order valence-electron chi connectivity index (χ1n) is 3.97. The fourth-order valence-electron chi connectivity index (χ4n) is 1.07. The lowest BCUT2D eigenvalue weighted by Crippen LogP contribution is -2.39. The van der Waals surface area contributed by atoms with Gasteiger partial charge in [0.05, 0.1) is 12.6 Å². The highest BCUT2D eigenvalue weighted by atomic mass is 16.3. The molecule has 1 aliphatic rings. The van der Waals surface area contributed by atoms with Crippen LogP contribution in [0.3, 0.4) is 0 Å². The number of hydrogen-bond donors (Lipinski definition) is 2. The van der Waals surface area contributed by atoms with Crippen molar-refractivity contribution in [2.24, 2.45) is 10.7 Å². The molecule has 0 spiro atoms. The van der Waals surface area contributed by atoms with E-state index < -0.39 is 0 Å². The molecule has 0 aromatic heterocycles. The van der Waals surface area contributed by atoms with E-state index >= 15 is 0 Å². The Kier molecular flexibility index (Phi) is 2.70. The van der Waals surface area contributed by atoms with Crippen molar-refractivity contribution >= 4 is 5.96 Å². The zero-order valence-electron chi connectivity index (χ0n) is 6.82. The number of aliphatic imine (C=N–C) groups is 1. The van der Waals surface area contributed by atoms with E-state index in [1.807, 2.05) is 11.8 Å². The number of hydrogen-bond acceptors (Lipinski definition) is 4. The summed E-state index contributed by atoms with van der Waals surface area (Å²) < 4.78 is 0. The molecule has 4 nitrogen and oxygen atoms in total. The SMILES string of the molecule is CCC(O)CN1CCN=C1N. The van der Waals surface area contributed by atoms with Gasteiger partial charge >= 0.3 is 0 Å². The van der Waals surface area contributed by atoms with Crippen LogP contribution in [0, 0.1) is 0 Å². The van der Waals surface area contributed by atoms with Gasteiger partial charge in [-0.1, -0.05) is 6.92 Å². The molecular weight excluding hydrogens is 142 g/mol. The molecule has 0 radical (unpaired) electrons. The van der Waals surface area contributed by atoms with Crippen LogP contribution in [0.5, 0.6) is 0 Å². The van der Waals surface area contributed by atoms with E-state index in [1.165, 1.54) is 0 Å². The topological polar surface area (TPSA) is 61.8 Å². The highest BCUT2D eigenvalue weighted by molar-refractivity contribution is 5.79. The maximum Gasteiger partial charge on any atom is 0.191 e. The van der Waals surface area contributed by atoms with Gasteiger partial charge in [0.15, 0.2) is 5.96 Å². The molecule has 0 aromatic rings. The second-order valence-electron chi connectivity index (χ2n) is 2.75. The zero-order valence-corrected chi connectivity index (χ0v) is 6.82. The second kappa shape index (κ2) is 3.57. The minimum atomic E-state index is -0.276. The van der Waals surface area contributed by atoms with Crippen LogP contribution in [0.15, 0.2) is 4.99 Å². The molecule has 1 atom stereocenters. The highest BCUT2D eigenvalue weighted by Crippen LogP contribution is 2.00. The molecular formula is C7H15N3O. The van der Waals surface area contributed by atoms with Crippen molar-refractivity contribution in [3.05, 3.63) is 0 Å². The van der Waals surface area contributed by atoms with Crippen molar-refractivity contribution in [1.82, 2.24) is 4.90 Å². The quantitative estimate of drug-likeness (QED) is 0.574. The molecule has 1 unspecified atom stereocenters. The third kappa shape index (κ3) is 2.08. The smallest absolute Gasteiger partial charge is 0.191 e. The molecule has 0 amide bonds. The van der Waals surface area contributed by atoms with Crippen molar-refractivity contribution in [2.75, 3.05) is 19.6 Å². The Morgan fingerprint density at radius 1 is 1.82 bits per heavy atom. The van der Waals surface area contributed by atoms with E-state index in [0.717, 1.165) is 19.5 Å². The van der Waals surface area contributed by atoms with Crippen molar-refractivity contribution in [3.63, 3.8) is 0 Å². The predicted octanol–water partition coefficient (Wildman–Crippen LogP) is -0.612. The monoisotopic (exact) mass is 157 g/mol. The van der Waals surface area contributed by atoms with Crippen LogP contribution in [-0.2, 0) is 0 Å². The van der Waals surface area contributed by atoms with Crippen LogP contribution in [0.25, 0.3) is 0 Å². The lowest BCUT2D eigenvalue weighted by Gasteiger charge is -2.19. The fraction of sp³-hybridized carbons (Fsp3) is 0.857. The molecule has 1 heterocycles. The van der Waals surface area contributed by atoms with Crippen molar-refractivity contribution in [2.45, 2.75) is 19.4 Å². The van der Waals surface area contributed by atoms with Crippen LogP contribution in [0.4, 0.5) is 0 Å². The summed E-state index contributed by atoms with van der Waals surface area (Å²) in [7, 11) is 0. The summed E-state index contributed by atoms with van der Waals surface area (Å²) in [6, 6.07) is 0. The number of guanidine groups is 1. The van der Waals surface area contributed by atoms with Crippen LogP contribution in [-0.4, -0.2) is 41.7 Å². The fourth-order valence-corrected chi connectivity index (χ4v) is 1.07. The number of nitrogens with two attached hydrogens (primary N) is 1. The first-order chi connectivity index (χ1) is 5.24. The van der Waals surface area contributed by atoms with Crippen molar-refractivity contribution in [3.8, 4) is 0 Å². The summed E-state index contributed by atoms with van der Waals surface area (Å²) in [5.41, 5.74) is 5.55. The normalized spacial score (nSPS) is 20.2. The van der Waals surface area contributed by atoms with E-state index in [4.69, 9.17) is 5.73 Å². The molecule has 1 aliphatic heterocycles. The Balaban J connectivity index is 2.32. The molecule has 3 N–H and O–H groups in total. The number of aliphatic hydroxyl groups excluding tert-OH is 1. The Morgan fingerprint density at radius 3 is 3.00 bits per heavy atom. The first-order valence-corrected chi connectivity index (χ1v) is 3.97. The van der Waals surface area contributed by atoms with Gasteiger partial charge in [0.1, 0.15) is 0 Å². The largest absolute Gasteiger partial charge is 0.391 e.